The summed E-state index contributed by atoms with van der Waals surface area (Å²) in [6.07, 6.45) is 4.09. The lowest BCUT2D eigenvalue weighted by atomic mass is 10.3. The Labute approximate surface area is 87.4 Å². The molecule has 3 heteroatoms. The first-order chi connectivity index (χ1) is 5.96. The molecule has 2 unspecified atom stereocenters. The van der Waals surface area contributed by atoms with Gasteiger partial charge in [0.05, 0.1) is 0 Å². The van der Waals surface area contributed by atoms with Gasteiger partial charge in [0.1, 0.15) is 0 Å². The number of rotatable bonds is 6. The van der Waals surface area contributed by atoms with Crippen molar-refractivity contribution in [1.29, 1.82) is 0 Å². The molecule has 0 aromatic carbocycles. The first kappa shape index (κ1) is 13.5. The van der Waals surface area contributed by atoms with Crippen molar-refractivity contribution in [2.75, 3.05) is 0 Å². The van der Waals surface area contributed by atoms with Crippen molar-refractivity contribution in [2.45, 2.75) is 64.7 Å². The minimum atomic E-state index is -2.44. The maximum absolute atomic E-state index is 12.2. The van der Waals surface area contributed by atoms with Crippen LogP contribution in [0.4, 0.5) is 0 Å². The Bertz CT molecular complexity index is 166. The van der Waals surface area contributed by atoms with Crippen molar-refractivity contribution in [2.24, 2.45) is 0 Å². The molecule has 0 spiro atoms. The van der Waals surface area contributed by atoms with Crippen molar-refractivity contribution in [3.05, 3.63) is 0 Å². The van der Waals surface area contributed by atoms with Crippen molar-refractivity contribution in [1.82, 2.24) is 0 Å². The fourth-order valence-electron chi connectivity index (χ4n) is 1.62. The number of hydrogen-bond acceptors (Lipinski definition) is 1. The second-order valence-electron chi connectivity index (χ2n) is 3.90. The first-order valence-corrected chi connectivity index (χ1v) is 8.00. The van der Waals surface area contributed by atoms with Gasteiger partial charge >= 0.3 is 0 Å². The van der Waals surface area contributed by atoms with Gasteiger partial charge in [-0.3, -0.25) is 0 Å². The second kappa shape index (κ2) is 6.09. The second-order valence-corrected chi connectivity index (χ2v) is 8.50. The monoisotopic (exact) mass is 224 g/mol. The fourth-order valence-corrected chi connectivity index (χ4v) is 4.30. The number of hydrogen-bond donors (Lipinski definition) is 0. The lowest BCUT2D eigenvalue weighted by Crippen LogP contribution is -2.10. The van der Waals surface area contributed by atoms with Crippen LogP contribution in [0.3, 0.4) is 0 Å². The summed E-state index contributed by atoms with van der Waals surface area (Å²) in [5, 5.41) is 0. The molecule has 0 rings (SSSR count). The van der Waals surface area contributed by atoms with Crippen LogP contribution in [0.25, 0.3) is 0 Å². The van der Waals surface area contributed by atoms with Crippen LogP contribution in [-0.4, -0.2) is 11.3 Å². The van der Waals surface area contributed by atoms with Crippen LogP contribution in [-0.2, 0) is 4.57 Å². The van der Waals surface area contributed by atoms with Crippen LogP contribution >= 0.6 is 17.7 Å². The highest BCUT2D eigenvalue weighted by Crippen LogP contribution is 2.62. The van der Waals surface area contributed by atoms with Crippen LogP contribution < -0.4 is 0 Å². The van der Waals surface area contributed by atoms with E-state index in [1.54, 1.807) is 0 Å². The van der Waals surface area contributed by atoms with Gasteiger partial charge in [-0.25, -0.2) is 0 Å². The molecule has 0 bridgehead atoms. The van der Waals surface area contributed by atoms with E-state index >= 15 is 0 Å². The van der Waals surface area contributed by atoms with E-state index in [0.29, 0.717) is 0 Å². The van der Waals surface area contributed by atoms with Gasteiger partial charge in [0.25, 0.3) is 0 Å². The topological polar surface area (TPSA) is 17.1 Å². The van der Waals surface area contributed by atoms with Crippen LogP contribution in [0.5, 0.6) is 0 Å². The van der Waals surface area contributed by atoms with E-state index in [4.69, 9.17) is 11.2 Å². The van der Waals surface area contributed by atoms with E-state index in [9.17, 15) is 4.57 Å². The van der Waals surface area contributed by atoms with Gasteiger partial charge in [-0.2, -0.15) is 0 Å². The summed E-state index contributed by atoms with van der Waals surface area (Å²) < 4.78 is 12.2. The third kappa shape index (κ3) is 4.04. The first-order valence-electron chi connectivity index (χ1n) is 5.25. The Morgan fingerprint density at radius 1 is 1.08 bits per heavy atom. The normalized spacial score (nSPS) is 20.7. The summed E-state index contributed by atoms with van der Waals surface area (Å²) in [5.41, 5.74) is 0.362. The summed E-state index contributed by atoms with van der Waals surface area (Å²) in [6.45, 7) is 5.82. The van der Waals surface area contributed by atoms with Gasteiger partial charge in [0, 0.05) is 11.3 Å². The maximum Gasteiger partial charge on any atom is 0.174 e. The Morgan fingerprint density at radius 2 is 1.38 bits per heavy atom. The molecule has 80 valence electrons. The van der Waals surface area contributed by atoms with Gasteiger partial charge < -0.3 is 4.57 Å². The van der Waals surface area contributed by atoms with E-state index in [2.05, 4.69) is 13.8 Å². The van der Waals surface area contributed by atoms with Crippen LogP contribution in [0.1, 0.15) is 53.4 Å². The molecule has 0 aromatic rings. The predicted octanol–water partition coefficient (Wildman–Crippen LogP) is 4.88. The van der Waals surface area contributed by atoms with Gasteiger partial charge in [0.15, 0.2) is 6.49 Å². The molecule has 0 aliphatic rings. The molecule has 0 saturated carbocycles. The van der Waals surface area contributed by atoms with E-state index in [1.807, 2.05) is 13.8 Å². The molecule has 0 N–H and O–H groups in total. The van der Waals surface area contributed by atoms with Gasteiger partial charge in [-0.15, -0.1) is 0 Å². The average Bonchev–Trinajstić information content (AvgIpc) is 2.05. The molecule has 0 aromatic heterocycles. The highest BCUT2D eigenvalue weighted by Gasteiger charge is 2.31. The van der Waals surface area contributed by atoms with Crippen molar-refractivity contribution < 1.29 is 4.57 Å². The molecule has 0 radical (unpaired) electrons. The molecule has 1 nitrogen and oxygen atoms in total. The fraction of sp³-hybridized carbons (Fsp3) is 1.00. The molecule has 0 aliphatic heterocycles. The van der Waals surface area contributed by atoms with E-state index in [1.165, 1.54) is 0 Å². The minimum Gasteiger partial charge on any atom is -0.306 e. The summed E-state index contributed by atoms with van der Waals surface area (Å²) in [5.74, 6) is 0. The summed E-state index contributed by atoms with van der Waals surface area (Å²) in [6, 6.07) is 0. The van der Waals surface area contributed by atoms with Crippen LogP contribution in [0.15, 0.2) is 0 Å². The molecule has 0 saturated heterocycles. The van der Waals surface area contributed by atoms with Crippen LogP contribution in [0.2, 0.25) is 0 Å². The molecule has 0 amide bonds. The predicted molar refractivity (Wildman–Crippen MR) is 62.2 cm³/mol. The van der Waals surface area contributed by atoms with Crippen molar-refractivity contribution in [3.8, 4) is 0 Å². The summed E-state index contributed by atoms with van der Waals surface area (Å²) >= 11 is 6.15. The Hall–Kier alpha value is 0.520. The zero-order chi connectivity index (χ0) is 10.5. The zero-order valence-corrected chi connectivity index (χ0v) is 10.9. The summed E-state index contributed by atoms with van der Waals surface area (Å²) in [4.78, 5) is 0. The van der Waals surface area contributed by atoms with Gasteiger partial charge in [-0.1, -0.05) is 51.8 Å². The molecule has 2 atom stereocenters. The highest BCUT2D eigenvalue weighted by molar-refractivity contribution is 7.90. The quantitative estimate of drug-likeness (QED) is 0.588. The highest BCUT2D eigenvalue weighted by atomic mass is 35.7. The molecule has 0 heterocycles. The molecule has 0 aliphatic carbocycles. The lowest BCUT2D eigenvalue weighted by Gasteiger charge is -2.24. The molecular formula is C10H22ClOP. The standard InChI is InChI=1S/C10H22ClOP/c1-5-7-9(3)13(11,12)10(4)8-6-2/h9-10H,5-8H2,1-4H3. The van der Waals surface area contributed by atoms with Gasteiger partial charge in [-0.05, 0) is 12.8 Å². The van der Waals surface area contributed by atoms with E-state index < -0.39 is 6.49 Å². The molecule has 0 fully saturated rings. The summed E-state index contributed by atoms with van der Waals surface area (Å²) in [7, 11) is 0. The maximum atomic E-state index is 12.2. The third-order valence-electron chi connectivity index (χ3n) is 2.61. The number of halogens is 1. The van der Waals surface area contributed by atoms with Crippen molar-refractivity contribution >= 4 is 17.7 Å². The zero-order valence-electron chi connectivity index (χ0n) is 9.22. The van der Waals surface area contributed by atoms with Gasteiger partial charge in [0.2, 0.25) is 0 Å². The molecular weight excluding hydrogens is 203 g/mol. The average molecular weight is 225 g/mol. The lowest BCUT2D eigenvalue weighted by molar-refractivity contribution is 0.557. The van der Waals surface area contributed by atoms with Crippen molar-refractivity contribution in [3.63, 3.8) is 0 Å². The Morgan fingerprint density at radius 3 is 1.62 bits per heavy atom. The Kier molecular flexibility index (Phi) is 6.33. The molecule has 13 heavy (non-hydrogen) atoms. The minimum absolute atomic E-state index is 0.181. The SMILES string of the molecule is CCCC(C)P(=O)(Cl)C(C)CCC. The Balaban J connectivity index is 4.27. The third-order valence-corrected chi connectivity index (χ3v) is 7.53. The largest absolute Gasteiger partial charge is 0.306 e. The van der Waals surface area contributed by atoms with Crippen LogP contribution in [0, 0.1) is 0 Å². The van der Waals surface area contributed by atoms with E-state index in [-0.39, 0.29) is 11.3 Å². The van der Waals surface area contributed by atoms with E-state index in [0.717, 1.165) is 25.7 Å². The smallest absolute Gasteiger partial charge is 0.174 e.